The zero-order chi connectivity index (χ0) is 48.7. The van der Waals surface area contributed by atoms with Gasteiger partial charge in [0.2, 0.25) is 0 Å². The molecule has 0 aliphatic carbocycles. The van der Waals surface area contributed by atoms with Gasteiger partial charge in [-0.15, -0.1) is 0 Å². The fraction of sp³-hybridized carbons (Fsp3) is 0.143. The van der Waals surface area contributed by atoms with Crippen LogP contribution in [0.15, 0.2) is 237 Å². The van der Waals surface area contributed by atoms with Crippen molar-refractivity contribution in [2.45, 2.75) is 6.92 Å². The minimum absolute atomic E-state index is 1.17. The maximum Gasteiger partial charge on any atom is 0.0488 e. The molecule has 0 spiro atoms. The highest BCUT2D eigenvalue weighted by Gasteiger charge is 2.11. The third-order valence-electron chi connectivity index (χ3n) is 12.1. The molecule has 1 heterocycles. The van der Waals surface area contributed by atoms with Gasteiger partial charge in [-0.1, -0.05) is 133 Å². The molecule has 9 aromatic carbocycles. The Kier molecular flexibility index (Phi) is 16.6. The molecule has 0 saturated carbocycles. The van der Waals surface area contributed by atoms with Crippen LogP contribution in [0.5, 0.6) is 0 Å². The molecule has 0 radical (unpaired) electrons. The van der Waals surface area contributed by atoms with E-state index in [4.69, 9.17) is 0 Å². The molecule has 0 atom stereocenters. The highest BCUT2D eigenvalue weighted by molar-refractivity contribution is 6.07. The van der Waals surface area contributed by atoms with Crippen LogP contribution >= 0.6 is 0 Å². The molecule has 0 fully saturated rings. The molecule has 0 bridgehead atoms. The van der Waals surface area contributed by atoms with E-state index in [1.807, 2.05) is 18.2 Å². The van der Waals surface area contributed by atoms with Gasteiger partial charge in [0.1, 0.15) is 0 Å². The molecule has 10 rings (SSSR count). The van der Waals surface area contributed by atoms with Crippen LogP contribution in [0.3, 0.4) is 0 Å². The molecule has 69 heavy (non-hydrogen) atoms. The molecule has 0 N–H and O–H groups in total. The third-order valence-corrected chi connectivity index (χ3v) is 12.1. The van der Waals surface area contributed by atoms with E-state index in [9.17, 15) is 0 Å². The number of fused-ring (bicyclic) bond motifs is 3. The van der Waals surface area contributed by atoms with Crippen LogP contribution < -0.4 is 24.5 Å². The molecule has 0 aliphatic rings. The molecular weight excluding hydrogens is 841 g/mol. The van der Waals surface area contributed by atoms with Crippen molar-refractivity contribution in [1.82, 2.24) is 4.57 Å². The highest BCUT2D eigenvalue weighted by Crippen LogP contribution is 2.34. The zero-order valence-electron chi connectivity index (χ0n) is 41.7. The predicted molar refractivity (Wildman–Crippen MR) is 302 cm³/mol. The third kappa shape index (κ3) is 12.6. The van der Waals surface area contributed by atoms with E-state index in [1.54, 1.807) is 0 Å². The summed E-state index contributed by atoms with van der Waals surface area (Å²) in [5, 5.41) is 2.68. The van der Waals surface area contributed by atoms with Gasteiger partial charge in [0.15, 0.2) is 0 Å². The van der Waals surface area contributed by atoms with Crippen molar-refractivity contribution in [3.05, 3.63) is 242 Å². The first-order chi connectivity index (χ1) is 33.5. The Labute approximate surface area is 411 Å². The van der Waals surface area contributed by atoms with E-state index in [0.29, 0.717) is 0 Å². The summed E-state index contributed by atoms with van der Waals surface area (Å²) in [6, 6.07) is 82.7. The molecular formula is C63H66N6. The molecule has 348 valence electrons. The van der Waals surface area contributed by atoms with Crippen LogP contribution in [-0.4, -0.2) is 53.9 Å². The van der Waals surface area contributed by atoms with E-state index in [-0.39, 0.29) is 0 Å². The molecule has 10 aromatic rings. The number of benzene rings is 9. The van der Waals surface area contributed by atoms with Gasteiger partial charge in [0.05, 0.1) is 0 Å². The number of nitrogens with zero attached hydrogens (tertiary/aromatic N) is 6. The highest BCUT2D eigenvalue weighted by atomic mass is 15.1. The van der Waals surface area contributed by atoms with Crippen LogP contribution in [0.25, 0.3) is 32.9 Å². The number of rotatable bonds is 9. The summed E-state index contributed by atoms with van der Waals surface area (Å²) in [7, 11) is 16.5. The first-order valence-corrected chi connectivity index (χ1v) is 23.5. The van der Waals surface area contributed by atoms with Gasteiger partial charge >= 0.3 is 0 Å². The second-order valence-electron chi connectivity index (χ2n) is 17.6. The standard InChI is InChI=1S/C19H17N.C16H20N2.C15H18N2.C13H11N/c1-16-12-14-19(15-13-16)20(17-8-4-2-5-9-17)18-10-6-3-7-11-18;1-17(2)15-9-5-13(6-10-15)14-7-11-16(12-8-14)18(3)4;1-16(2)13-9-11-15(12-10-13)17(3)14-7-5-4-6-8-14;1-14-12-8-4-2-6-10(12)11-7-3-5-9-13(11)14/h2-15H,1H3;5-12H,1-4H3;4-12H,1-3H3;2-9H,1H3. The number of hydrogen-bond acceptors (Lipinski definition) is 5. The van der Waals surface area contributed by atoms with Crippen LogP contribution in [0.4, 0.5) is 45.5 Å². The van der Waals surface area contributed by atoms with Gasteiger partial charge in [0.25, 0.3) is 0 Å². The van der Waals surface area contributed by atoms with Crippen molar-refractivity contribution >= 4 is 67.3 Å². The van der Waals surface area contributed by atoms with Gasteiger partial charge in [-0.25, -0.2) is 0 Å². The SMILES string of the molecule is CN(C)c1ccc(-c2ccc(N(C)C)cc2)cc1.CN(C)c1ccc(N(C)c2ccccc2)cc1.Cc1ccc(N(c2ccccc2)c2ccccc2)cc1.Cn1c2ccccc2c2ccccc21. The minimum Gasteiger partial charge on any atom is -0.378 e. The molecule has 0 aliphatic heterocycles. The van der Waals surface area contributed by atoms with Crippen LogP contribution in [0.2, 0.25) is 0 Å². The average molecular weight is 907 g/mol. The van der Waals surface area contributed by atoms with E-state index < -0.39 is 0 Å². The molecule has 0 saturated heterocycles. The fourth-order valence-electron chi connectivity index (χ4n) is 8.09. The van der Waals surface area contributed by atoms with Crippen LogP contribution in [0, 0.1) is 6.92 Å². The monoisotopic (exact) mass is 907 g/mol. The Hall–Kier alpha value is -8.22. The second-order valence-corrected chi connectivity index (χ2v) is 17.6. The number of anilines is 8. The smallest absolute Gasteiger partial charge is 0.0488 e. The van der Waals surface area contributed by atoms with Crippen molar-refractivity contribution in [3.63, 3.8) is 0 Å². The summed E-state index contributed by atoms with van der Waals surface area (Å²) < 4.78 is 2.24. The number of aryl methyl sites for hydroxylation is 2. The van der Waals surface area contributed by atoms with Gasteiger partial charge < -0.3 is 29.1 Å². The lowest BCUT2D eigenvalue weighted by atomic mass is 10.0. The lowest BCUT2D eigenvalue weighted by Gasteiger charge is -2.25. The van der Waals surface area contributed by atoms with E-state index in [0.717, 1.165) is 0 Å². The van der Waals surface area contributed by atoms with Gasteiger partial charge in [-0.3, -0.25) is 0 Å². The van der Waals surface area contributed by atoms with Crippen molar-refractivity contribution in [2.24, 2.45) is 7.05 Å². The number of para-hydroxylation sites is 5. The van der Waals surface area contributed by atoms with Crippen molar-refractivity contribution in [1.29, 1.82) is 0 Å². The average Bonchev–Trinajstić information content (AvgIpc) is 3.69. The van der Waals surface area contributed by atoms with Gasteiger partial charge in [-0.05, 0) is 127 Å². The first-order valence-electron chi connectivity index (χ1n) is 23.5. The summed E-state index contributed by atoms with van der Waals surface area (Å²) >= 11 is 0. The Bertz CT molecular complexity index is 2930. The number of hydrogen-bond donors (Lipinski definition) is 0. The Morgan fingerprint density at radius 1 is 0.275 bits per heavy atom. The quantitative estimate of drug-likeness (QED) is 0.143. The maximum absolute atomic E-state index is 2.26. The maximum atomic E-state index is 2.26. The Morgan fingerprint density at radius 2 is 0.551 bits per heavy atom. The van der Waals surface area contributed by atoms with Gasteiger partial charge in [0, 0.05) is 124 Å². The van der Waals surface area contributed by atoms with E-state index in [1.165, 1.54) is 84.0 Å². The lowest BCUT2D eigenvalue weighted by molar-refractivity contribution is 1.01. The molecule has 6 heteroatoms. The summed E-state index contributed by atoms with van der Waals surface area (Å²) in [4.78, 5) is 10.8. The summed E-state index contributed by atoms with van der Waals surface area (Å²) in [6.45, 7) is 2.11. The second kappa shape index (κ2) is 23.5. The fourth-order valence-corrected chi connectivity index (χ4v) is 8.09. The van der Waals surface area contributed by atoms with Gasteiger partial charge in [-0.2, -0.15) is 0 Å². The molecule has 1 aromatic heterocycles. The van der Waals surface area contributed by atoms with Crippen molar-refractivity contribution < 1.29 is 0 Å². The van der Waals surface area contributed by atoms with Crippen LogP contribution in [-0.2, 0) is 7.05 Å². The van der Waals surface area contributed by atoms with Crippen molar-refractivity contribution in [2.75, 3.05) is 73.8 Å². The van der Waals surface area contributed by atoms with Crippen molar-refractivity contribution in [3.8, 4) is 11.1 Å². The van der Waals surface area contributed by atoms with E-state index >= 15 is 0 Å². The molecule has 0 amide bonds. The first kappa shape index (κ1) is 48.7. The molecule has 6 nitrogen and oxygen atoms in total. The van der Waals surface area contributed by atoms with Crippen LogP contribution in [0.1, 0.15) is 5.56 Å². The summed E-state index contributed by atoms with van der Waals surface area (Å²) in [5.74, 6) is 0. The summed E-state index contributed by atoms with van der Waals surface area (Å²) in [5.41, 5.74) is 16.0. The molecule has 0 unspecified atom stereocenters. The zero-order valence-corrected chi connectivity index (χ0v) is 41.7. The summed E-state index contributed by atoms with van der Waals surface area (Å²) in [6.07, 6.45) is 0. The number of aromatic nitrogens is 1. The van der Waals surface area contributed by atoms with E-state index in [2.05, 4.69) is 311 Å². The largest absolute Gasteiger partial charge is 0.378 e. The predicted octanol–water partition coefficient (Wildman–Crippen LogP) is 15.8. The normalized spacial score (nSPS) is 10.4. The Morgan fingerprint density at radius 3 is 0.928 bits per heavy atom. The Balaban J connectivity index is 0.000000137. The minimum atomic E-state index is 1.17. The lowest BCUT2D eigenvalue weighted by Crippen LogP contribution is -2.11. The topological polar surface area (TPSA) is 21.1 Å².